The van der Waals surface area contributed by atoms with Gasteiger partial charge in [-0.05, 0) is 33.6 Å². The zero-order valence-electron chi connectivity index (χ0n) is 13.6. The summed E-state index contributed by atoms with van der Waals surface area (Å²) in [6.07, 6.45) is 14.8. The molecule has 0 N–H and O–H groups in total. The lowest BCUT2D eigenvalue weighted by Crippen LogP contribution is -2.07. The van der Waals surface area contributed by atoms with E-state index >= 15 is 0 Å². The Balaban J connectivity index is 0. The highest BCUT2D eigenvalue weighted by atomic mass is 31.2. The molecule has 0 aliphatic heterocycles. The van der Waals surface area contributed by atoms with Crippen LogP contribution in [-0.2, 0) is 0 Å². The highest BCUT2D eigenvalue weighted by Gasteiger charge is 2.29. The fourth-order valence-electron chi connectivity index (χ4n) is 2.37. The summed E-state index contributed by atoms with van der Waals surface area (Å²) in [5, 5.41) is 0. The lowest BCUT2D eigenvalue weighted by molar-refractivity contribution is 0.368. The number of hydrogen-bond acceptors (Lipinski definition) is 0. The molecule has 0 atom stereocenters. The Kier molecular flexibility index (Phi) is 14.5. The van der Waals surface area contributed by atoms with Crippen molar-refractivity contribution in [3.8, 4) is 0 Å². The Morgan fingerprint density at radius 2 is 1.00 bits per heavy atom. The average molecular weight is 318 g/mol. The first kappa shape index (κ1) is 22.5. The van der Waals surface area contributed by atoms with Gasteiger partial charge in [-0.25, -0.2) is 0 Å². The summed E-state index contributed by atoms with van der Waals surface area (Å²) in [7, 11) is -6.49. The van der Waals surface area contributed by atoms with Crippen LogP contribution in [-0.4, -0.2) is 31.9 Å². The van der Waals surface area contributed by atoms with Gasteiger partial charge in [-0.3, -0.25) is 0 Å². The van der Waals surface area contributed by atoms with Crippen LogP contribution in [0.15, 0.2) is 0 Å². The molecule has 0 saturated carbocycles. The lowest BCUT2D eigenvalue weighted by Gasteiger charge is -2.23. The van der Waals surface area contributed by atoms with Gasteiger partial charge in [0, 0.05) is 7.26 Å². The number of unbranched alkanes of at least 4 members (excludes halogenated alkanes) is 5. The zero-order chi connectivity index (χ0) is 16.1. The predicted molar refractivity (Wildman–Crippen MR) is 87.0 cm³/mol. The van der Waals surface area contributed by atoms with Crippen LogP contribution in [0.5, 0.6) is 0 Å². The van der Waals surface area contributed by atoms with Gasteiger partial charge in [-0.2, -0.15) is 0 Å². The molecule has 0 fully saturated rings. The molecule has 0 aliphatic carbocycles. The first-order valence-electron chi connectivity index (χ1n) is 7.97. The van der Waals surface area contributed by atoms with Gasteiger partial charge in [-0.1, -0.05) is 32.6 Å². The summed E-state index contributed by atoms with van der Waals surface area (Å²) >= 11 is 0. The molecule has 0 heterocycles. The minimum atomic E-state index is -6.00. The van der Waals surface area contributed by atoms with Crippen molar-refractivity contribution >= 4 is 14.5 Å². The van der Waals surface area contributed by atoms with Crippen LogP contribution >= 0.6 is 7.26 Å². The van der Waals surface area contributed by atoms with Gasteiger partial charge in [-0.15, -0.1) is 0 Å². The van der Waals surface area contributed by atoms with Crippen LogP contribution in [0.25, 0.3) is 0 Å². The standard InChI is InChI=1S/C14H32P.BF4/c1-5-9-10-11-12-13-14-15(6-2,7-3)8-4;2-1(3,4)5/h5-14H2,1-4H3;/q+1;-1. The Bertz CT molecular complexity index is 192. The second-order valence-electron chi connectivity index (χ2n) is 5.28. The minimum Gasteiger partial charge on any atom is -0.418 e. The van der Waals surface area contributed by atoms with Crippen molar-refractivity contribution in [3.63, 3.8) is 0 Å². The van der Waals surface area contributed by atoms with E-state index in [2.05, 4.69) is 27.7 Å². The maximum atomic E-state index is 9.75. The number of halogens is 4. The van der Waals surface area contributed by atoms with Crippen molar-refractivity contribution < 1.29 is 17.3 Å². The summed E-state index contributed by atoms with van der Waals surface area (Å²) in [6.45, 7) is 9.54. The number of rotatable bonds is 10. The second kappa shape index (κ2) is 12.9. The molecular weight excluding hydrogens is 286 g/mol. The zero-order valence-corrected chi connectivity index (χ0v) is 14.5. The highest BCUT2D eigenvalue weighted by Crippen LogP contribution is 2.58. The number of hydrogen-bond donors (Lipinski definition) is 0. The molecule has 0 amide bonds. The Morgan fingerprint density at radius 1 is 0.650 bits per heavy atom. The molecule has 0 aromatic heterocycles. The van der Waals surface area contributed by atoms with E-state index in [0.29, 0.717) is 0 Å². The molecule has 6 heteroatoms. The van der Waals surface area contributed by atoms with E-state index in [1.165, 1.54) is 57.0 Å². The van der Waals surface area contributed by atoms with E-state index in [1.807, 2.05) is 0 Å². The van der Waals surface area contributed by atoms with Crippen LogP contribution in [0.3, 0.4) is 0 Å². The summed E-state index contributed by atoms with van der Waals surface area (Å²) in [5.41, 5.74) is 0. The molecule has 0 unspecified atom stereocenters. The summed E-state index contributed by atoms with van der Waals surface area (Å²) in [6, 6.07) is 0. The predicted octanol–water partition coefficient (Wildman–Crippen LogP) is 6.72. The summed E-state index contributed by atoms with van der Waals surface area (Å²) in [5.74, 6) is 0. The molecule has 0 radical (unpaired) electrons. The van der Waals surface area contributed by atoms with Gasteiger partial charge in [0.25, 0.3) is 0 Å². The SMILES string of the molecule is CCCCCCCC[P+](CC)(CC)CC.F[B-](F)(F)F. The summed E-state index contributed by atoms with van der Waals surface area (Å²) < 4.78 is 39.0. The molecule has 0 nitrogen and oxygen atoms in total. The van der Waals surface area contributed by atoms with E-state index in [1.54, 1.807) is 6.16 Å². The molecule has 0 aliphatic rings. The first-order valence-corrected chi connectivity index (χ1v) is 10.5. The molecule has 0 aromatic carbocycles. The monoisotopic (exact) mass is 318 g/mol. The van der Waals surface area contributed by atoms with Gasteiger partial charge >= 0.3 is 7.25 Å². The molecule has 0 spiro atoms. The third kappa shape index (κ3) is 16.3. The molecule has 0 bridgehead atoms. The molecule has 124 valence electrons. The Labute approximate surface area is 123 Å². The van der Waals surface area contributed by atoms with Crippen LogP contribution < -0.4 is 0 Å². The van der Waals surface area contributed by atoms with Gasteiger partial charge in [0.05, 0.1) is 24.6 Å². The fourth-order valence-corrected chi connectivity index (χ4v) is 5.56. The first-order chi connectivity index (χ1) is 9.24. The Morgan fingerprint density at radius 3 is 1.35 bits per heavy atom. The van der Waals surface area contributed by atoms with Crippen LogP contribution in [0.1, 0.15) is 66.2 Å². The van der Waals surface area contributed by atoms with Crippen molar-refractivity contribution in [2.24, 2.45) is 0 Å². The summed E-state index contributed by atoms with van der Waals surface area (Å²) in [4.78, 5) is 0. The molecule has 0 saturated heterocycles. The minimum absolute atomic E-state index is 0.494. The van der Waals surface area contributed by atoms with Crippen molar-refractivity contribution in [2.75, 3.05) is 24.6 Å². The third-order valence-electron chi connectivity index (χ3n) is 4.00. The molecule has 0 aromatic rings. The molecule has 0 rings (SSSR count). The third-order valence-corrected chi connectivity index (χ3v) is 9.29. The van der Waals surface area contributed by atoms with Crippen LogP contribution in [0.2, 0.25) is 0 Å². The highest BCUT2D eigenvalue weighted by molar-refractivity contribution is 7.75. The van der Waals surface area contributed by atoms with Crippen molar-refractivity contribution in [2.45, 2.75) is 66.2 Å². The normalized spacial score (nSPS) is 12.0. The van der Waals surface area contributed by atoms with E-state index < -0.39 is 14.5 Å². The van der Waals surface area contributed by atoms with Gasteiger partial charge in [0.1, 0.15) is 0 Å². The van der Waals surface area contributed by atoms with Gasteiger partial charge in [0.2, 0.25) is 0 Å². The van der Waals surface area contributed by atoms with Crippen LogP contribution in [0, 0.1) is 0 Å². The molecular formula is C14H32BF4P. The van der Waals surface area contributed by atoms with Gasteiger partial charge < -0.3 is 17.3 Å². The van der Waals surface area contributed by atoms with E-state index in [0.717, 1.165) is 0 Å². The van der Waals surface area contributed by atoms with E-state index in [4.69, 9.17) is 0 Å². The van der Waals surface area contributed by atoms with Crippen molar-refractivity contribution in [1.29, 1.82) is 0 Å². The molecule has 20 heavy (non-hydrogen) atoms. The quantitative estimate of drug-likeness (QED) is 0.181. The fraction of sp³-hybridized carbons (Fsp3) is 1.00. The van der Waals surface area contributed by atoms with Crippen molar-refractivity contribution in [1.82, 2.24) is 0 Å². The van der Waals surface area contributed by atoms with Crippen molar-refractivity contribution in [3.05, 3.63) is 0 Å². The smallest absolute Gasteiger partial charge is 0.418 e. The van der Waals surface area contributed by atoms with E-state index in [9.17, 15) is 17.3 Å². The largest absolute Gasteiger partial charge is 0.673 e. The maximum absolute atomic E-state index is 9.75. The van der Waals surface area contributed by atoms with E-state index in [-0.39, 0.29) is 0 Å². The topological polar surface area (TPSA) is 0 Å². The Hall–Kier alpha value is 0.215. The van der Waals surface area contributed by atoms with Gasteiger partial charge in [0.15, 0.2) is 0 Å². The van der Waals surface area contributed by atoms with Crippen LogP contribution in [0.4, 0.5) is 17.3 Å². The maximum Gasteiger partial charge on any atom is 0.673 e. The lowest BCUT2D eigenvalue weighted by atomic mass is 10.1. The second-order valence-corrected chi connectivity index (χ2v) is 10.3. The average Bonchev–Trinajstić information content (AvgIpc) is 2.37.